The molecule has 2 amide bonds. The maximum Gasteiger partial charge on any atom is 0.237 e. The highest BCUT2D eigenvalue weighted by molar-refractivity contribution is 6.05. The third-order valence-electron chi connectivity index (χ3n) is 5.57. The Morgan fingerprint density at radius 2 is 1.50 bits per heavy atom. The van der Waals surface area contributed by atoms with Crippen molar-refractivity contribution in [3.05, 3.63) is 42.5 Å². The minimum Gasteiger partial charge on any atom is -0.360 e. The zero-order valence-electron chi connectivity index (χ0n) is 13.9. The van der Waals surface area contributed by atoms with Crippen LogP contribution in [0, 0.1) is 11.8 Å². The molecule has 2 saturated heterocycles. The van der Waals surface area contributed by atoms with Crippen molar-refractivity contribution in [1.82, 2.24) is 4.90 Å². The highest BCUT2D eigenvalue weighted by Crippen LogP contribution is 2.34. The number of amides is 2. The molecule has 4 rings (SSSR count). The van der Waals surface area contributed by atoms with Gasteiger partial charge in [0.25, 0.3) is 0 Å². The summed E-state index contributed by atoms with van der Waals surface area (Å²) in [6, 6.07) is 10.4. The second kappa shape index (κ2) is 6.40. The van der Waals surface area contributed by atoms with Crippen LogP contribution in [0.25, 0.3) is 0 Å². The van der Waals surface area contributed by atoms with E-state index in [0.717, 1.165) is 39.0 Å². The van der Waals surface area contributed by atoms with Crippen molar-refractivity contribution in [3.8, 4) is 0 Å². The fraction of sp³-hybridized carbons (Fsp3) is 0.474. The smallest absolute Gasteiger partial charge is 0.237 e. The normalized spacial score (nSPS) is 27.7. The quantitative estimate of drug-likeness (QED) is 0.642. The minimum atomic E-state index is -0.104. The fourth-order valence-corrected chi connectivity index (χ4v) is 4.13. The van der Waals surface area contributed by atoms with Gasteiger partial charge in [-0.15, -0.1) is 0 Å². The van der Waals surface area contributed by atoms with Crippen LogP contribution in [0.4, 0.5) is 5.69 Å². The summed E-state index contributed by atoms with van der Waals surface area (Å²) < 4.78 is 0. The monoisotopic (exact) mass is 326 g/mol. The predicted octanol–water partition coefficient (Wildman–Crippen LogP) is 0.300. The van der Waals surface area contributed by atoms with Gasteiger partial charge in [-0.05, 0) is 25.0 Å². The Labute approximate surface area is 142 Å². The van der Waals surface area contributed by atoms with Gasteiger partial charge in [0.05, 0.1) is 38.0 Å². The van der Waals surface area contributed by atoms with Crippen molar-refractivity contribution >= 4 is 17.5 Å². The van der Waals surface area contributed by atoms with Gasteiger partial charge in [-0.3, -0.25) is 9.59 Å². The molecule has 0 radical (unpaired) electrons. The lowest BCUT2D eigenvalue weighted by atomic mass is 9.85. The summed E-state index contributed by atoms with van der Waals surface area (Å²) in [5.74, 6) is -0.111. The molecular formula is C19H24N3O2+. The van der Waals surface area contributed by atoms with Crippen LogP contribution in [-0.2, 0) is 9.59 Å². The van der Waals surface area contributed by atoms with Crippen molar-refractivity contribution in [2.24, 2.45) is 11.8 Å². The molecule has 126 valence electrons. The molecule has 2 fully saturated rings. The predicted molar refractivity (Wildman–Crippen MR) is 91.4 cm³/mol. The van der Waals surface area contributed by atoms with Crippen LogP contribution in [0.5, 0.6) is 0 Å². The van der Waals surface area contributed by atoms with Gasteiger partial charge in [-0.1, -0.05) is 30.4 Å². The minimum absolute atomic E-state index is 0.0485. The molecule has 0 bridgehead atoms. The number of benzene rings is 1. The summed E-state index contributed by atoms with van der Waals surface area (Å²) in [7, 11) is 0. The van der Waals surface area contributed by atoms with E-state index < -0.39 is 0 Å². The average Bonchev–Trinajstić information content (AvgIpc) is 2.88. The summed E-state index contributed by atoms with van der Waals surface area (Å²) in [6.07, 6.45) is 5.54. The maximum atomic E-state index is 12.6. The number of rotatable bonds is 3. The SMILES string of the molecule is O=C1[C@H]2CC=CC[C@H]2C(=O)N1C[NH+]1CCN(c2ccccc2)CC1. The topological polar surface area (TPSA) is 45.1 Å². The number of para-hydroxylation sites is 1. The first-order valence-electron chi connectivity index (χ1n) is 8.88. The van der Waals surface area contributed by atoms with Gasteiger partial charge >= 0.3 is 0 Å². The van der Waals surface area contributed by atoms with Crippen LogP contribution in [-0.4, -0.2) is 49.6 Å². The first-order valence-corrected chi connectivity index (χ1v) is 8.88. The summed E-state index contributed by atoms with van der Waals surface area (Å²) >= 11 is 0. The van der Waals surface area contributed by atoms with E-state index in [1.54, 1.807) is 0 Å². The number of likely N-dealkylation sites (tertiary alicyclic amines) is 1. The molecule has 5 nitrogen and oxygen atoms in total. The van der Waals surface area contributed by atoms with E-state index >= 15 is 0 Å². The third-order valence-corrected chi connectivity index (χ3v) is 5.57. The Balaban J connectivity index is 1.36. The van der Waals surface area contributed by atoms with Gasteiger partial charge in [0.15, 0.2) is 6.67 Å². The highest BCUT2D eigenvalue weighted by Gasteiger charge is 2.48. The first-order chi connectivity index (χ1) is 11.7. The van der Waals surface area contributed by atoms with Gasteiger partial charge in [0, 0.05) is 5.69 Å². The Bertz CT molecular complexity index is 624. The molecule has 1 N–H and O–H groups in total. The van der Waals surface area contributed by atoms with E-state index in [9.17, 15) is 9.59 Å². The van der Waals surface area contributed by atoms with Gasteiger partial charge in [-0.2, -0.15) is 0 Å². The van der Waals surface area contributed by atoms with E-state index in [-0.39, 0.29) is 23.7 Å². The van der Waals surface area contributed by atoms with E-state index in [4.69, 9.17) is 0 Å². The summed E-state index contributed by atoms with van der Waals surface area (Å²) in [5, 5.41) is 0. The van der Waals surface area contributed by atoms with Gasteiger partial charge in [0.1, 0.15) is 0 Å². The molecule has 2 atom stereocenters. The molecular weight excluding hydrogens is 302 g/mol. The highest BCUT2D eigenvalue weighted by atomic mass is 16.2. The number of imide groups is 1. The van der Waals surface area contributed by atoms with E-state index in [1.807, 2.05) is 18.2 Å². The lowest BCUT2D eigenvalue weighted by Crippen LogP contribution is -3.16. The second-order valence-electron chi connectivity index (χ2n) is 6.99. The number of hydrogen-bond acceptors (Lipinski definition) is 3. The number of piperazine rings is 1. The molecule has 2 heterocycles. The standard InChI is InChI=1S/C19H23N3O2/c23-18-16-8-4-5-9-17(16)19(24)22(18)14-20-10-12-21(13-11-20)15-6-2-1-3-7-15/h1-7,16-17H,8-14H2/p+1/t16-,17+. The van der Waals surface area contributed by atoms with Crippen molar-refractivity contribution in [3.63, 3.8) is 0 Å². The third kappa shape index (κ3) is 2.73. The Morgan fingerprint density at radius 3 is 2.08 bits per heavy atom. The van der Waals surface area contributed by atoms with Crippen molar-refractivity contribution in [2.45, 2.75) is 12.8 Å². The lowest BCUT2D eigenvalue weighted by molar-refractivity contribution is -0.908. The lowest BCUT2D eigenvalue weighted by Gasteiger charge is -2.34. The van der Waals surface area contributed by atoms with Crippen LogP contribution in [0.15, 0.2) is 42.5 Å². The molecule has 0 spiro atoms. The number of carbonyl (C=O) groups is 2. The molecule has 1 aromatic rings. The van der Waals surface area contributed by atoms with E-state index in [0.29, 0.717) is 6.67 Å². The average molecular weight is 326 g/mol. The van der Waals surface area contributed by atoms with Gasteiger partial charge in [-0.25, -0.2) is 4.90 Å². The molecule has 1 aliphatic carbocycles. The van der Waals surface area contributed by atoms with Crippen molar-refractivity contribution < 1.29 is 14.5 Å². The zero-order valence-corrected chi connectivity index (χ0v) is 13.9. The van der Waals surface area contributed by atoms with Crippen LogP contribution >= 0.6 is 0 Å². The summed E-state index contributed by atoms with van der Waals surface area (Å²) in [6.45, 7) is 4.38. The van der Waals surface area contributed by atoms with Crippen LogP contribution in [0.2, 0.25) is 0 Å². The summed E-state index contributed by atoms with van der Waals surface area (Å²) in [5.41, 5.74) is 1.25. The number of quaternary nitrogens is 1. The number of nitrogens with zero attached hydrogens (tertiary/aromatic N) is 2. The molecule has 3 aliphatic rings. The molecule has 5 heteroatoms. The van der Waals surface area contributed by atoms with Gasteiger partial charge < -0.3 is 9.80 Å². The largest absolute Gasteiger partial charge is 0.360 e. The molecule has 2 aliphatic heterocycles. The molecule has 24 heavy (non-hydrogen) atoms. The second-order valence-corrected chi connectivity index (χ2v) is 6.99. The zero-order chi connectivity index (χ0) is 16.5. The number of anilines is 1. The number of fused-ring (bicyclic) bond motifs is 1. The molecule has 1 aromatic carbocycles. The number of allylic oxidation sites excluding steroid dienone is 2. The Hall–Kier alpha value is -2.14. The van der Waals surface area contributed by atoms with Crippen molar-refractivity contribution in [1.29, 1.82) is 0 Å². The van der Waals surface area contributed by atoms with Crippen LogP contribution in [0.3, 0.4) is 0 Å². The molecule has 0 saturated carbocycles. The number of hydrogen-bond donors (Lipinski definition) is 1. The van der Waals surface area contributed by atoms with Crippen LogP contribution in [0.1, 0.15) is 12.8 Å². The first kappa shape index (κ1) is 15.4. The molecule has 0 aromatic heterocycles. The summed E-state index contributed by atoms with van der Waals surface area (Å²) in [4.78, 5) is 30.4. The number of carbonyl (C=O) groups excluding carboxylic acids is 2. The Kier molecular flexibility index (Phi) is 4.10. The fourth-order valence-electron chi connectivity index (χ4n) is 4.13. The Morgan fingerprint density at radius 1 is 0.917 bits per heavy atom. The van der Waals surface area contributed by atoms with E-state index in [2.05, 4.69) is 29.2 Å². The maximum absolute atomic E-state index is 12.6. The van der Waals surface area contributed by atoms with E-state index in [1.165, 1.54) is 15.5 Å². The van der Waals surface area contributed by atoms with Gasteiger partial charge in [0.2, 0.25) is 11.8 Å². The molecule has 0 unspecified atom stereocenters. The van der Waals surface area contributed by atoms with Crippen molar-refractivity contribution in [2.75, 3.05) is 37.7 Å². The van der Waals surface area contributed by atoms with Crippen LogP contribution < -0.4 is 9.80 Å². The number of nitrogens with one attached hydrogen (secondary N) is 1.